The van der Waals surface area contributed by atoms with Crippen LogP contribution in [0.4, 0.5) is 0 Å². The summed E-state index contributed by atoms with van der Waals surface area (Å²) in [5.74, 6) is -0.433. The predicted octanol–water partition coefficient (Wildman–Crippen LogP) is 6.97. The van der Waals surface area contributed by atoms with Gasteiger partial charge in [0.15, 0.2) is 0 Å². The molecule has 0 aromatic carbocycles. The molecule has 0 aromatic heterocycles. The zero-order valence-electron chi connectivity index (χ0n) is 15.2. The molecule has 0 radical (unpaired) electrons. The van der Waals surface area contributed by atoms with Crippen molar-refractivity contribution in [3.8, 4) is 0 Å². The van der Waals surface area contributed by atoms with Crippen LogP contribution < -0.4 is 0 Å². The van der Waals surface area contributed by atoms with E-state index < -0.39 is 11.0 Å². The van der Waals surface area contributed by atoms with Crippen molar-refractivity contribution in [2.45, 2.75) is 116 Å². The van der Waals surface area contributed by atoms with Crippen LogP contribution >= 0.6 is 11.6 Å². The monoisotopic (exact) mass is 344 g/mol. The van der Waals surface area contributed by atoms with Gasteiger partial charge in [0, 0.05) is 6.42 Å². The first kappa shape index (κ1) is 22.6. The minimum atomic E-state index is -0.814. The zero-order chi connectivity index (χ0) is 17.2. The van der Waals surface area contributed by atoms with Crippen LogP contribution in [0.3, 0.4) is 0 Å². The molecule has 0 aromatic rings. The third-order valence-corrected chi connectivity index (χ3v) is 4.69. The number of unbranched alkanes of at least 4 members (excludes halogenated alkanes) is 15. The lowest BCUT2D eigenvalue weighted by Crippen LogP contribution is -2.05. The van der Waals surface area contributed by atoms with Gasteiger partial charge in [-0.15, -0.1) is 0 Å². The van der Waals surface area contributed by atoms with E-state index in [0.29, 0.717) is 6.42 Å². The number of halogens is 1. The standard InChI is InChI=1S/C20H37ClO2/c1-2-3-4-5-6-7-8-9-10-11-12-13-14-15-16-17-18-19(22)20(21)23/h2-18H2,1H3. The van der Waals surface area contributed by atoms with Gasteiger partial charge in [0.2, 0.25) is 5.78 Å². The van der Waals surface area contributed by atoms with Crippen molar-refractivity contribution >= 4 is 22.6 Å². The molecule has 0 N–H and O–H groups in total. The lowest BCUT2D eigenvalue weighted by atomic mass is 10.0. The molecule has 0 fully saturated rings. The third kappa shape index (κ3) is 17.8. The summed E-state index contributed by atoms with van der Waals surface area (Å²) in [5.41, 5.74) is 0. The number of rotatable bonds is 18. The molecular formula is C20H37ClO2. The molecule has 0 amide bonds. The molecule has 0 bridgehead atoms. The van der Waals surface area contributed by atoms with Crippen LogP contribution in [0.2, 0.25) is 0 Å². The van der Waals surface area contributed by atoms with E-state index in [-0.39, 0.29) is 0 Å². The molecule has 0 atom stereocenters. The van der Waals surface area contributed by atoms with Crippen LogP contribution in [0, 0.1) is 0 Å². The van der Waals surface area contributed by atoms with Gasteiger partial charge in [-0.2, -0.15) is 0 Å². The molecule has 0 aliphatic rings. The number of carbonyl (C=O) groups is 2. The van der Waals surface area contributed by atoms with Crippen molar-refractivity contribution in [3.63, 3.8) is 0 Å². The molecule has 23 heavy (non-hydrogen) atoms. The van der Waals surface area contributed by atoms with Gasteiger partial charge >= 0.3 is 0 Å². The summed E-state index contributed by atoms with van der Waals surface area (Å²) in [6.45, 7) is 2.27. The Morgan fingerprint density at radius 3 is 1.17 bits per heavy atom. The largest absolute Gasteiger partial charge is 0.289 e. The lowest BCUT2D eigenvalue weighted by molar-refractivity contribution is -0.132. The van der Waals surface area contributed by atoms with E-state index in [1.807, 2.05) is 0 Å². The van der Waals surface area contributed by atoms with E-state index in [1.54, 1.807) is 0 Å². The quantitative estimate of drug-likeness (QED) is 0.153. The summed E-state index contributed by atoms with van der Waals surface area (Å²) < 4.78 is 0. The predicted molar refractivity (Wildman–Crippen MR) is 100 cm³/mol. The summed E-state index contributed by atoms with van der Waals surface area (Å²) in [7, 11) is 0. The first-order valence-electron chi connectivity index (χ1n) is 9.91. The Labute approximate surface area is 148 Å². The van der Waals surface area contributed by atoms with E-state index in [1.165, 1.54) is 89.9 Å². The number of ketones is 1. The van der Waals surface area contributed by atoms with Crippen LogP contribution in [0.15, 0.2) is 0 Å². The highest BCUT2D eigenvalue weighted by atomic mass is 35.5. The average Bonchev–Trinajstić information content (AvgIpc) is 2.54. The van der Waals surface area contributed by atoms with Crippen molar-refractivity contribution in [3.05, 3.63) is 0 Å². The summed E-state index contributed by atoms with van der Waals surface area (Å²) in [6, 6.07) is 0. The van der Waals surface area contributed by atoms with Crippen molar-refractivity contribution in [2.75, 3.05) is 0 Å². The normalized spacial score (nSPS) is 10.9. The molecule has 3 heteroatoms. The molecule has 0 spiro atoms. The number of carbonyl (C=O) groups excluding carboxylic acids is 2. The smallest absolute Gasteiger partial charge is 0.288 e. The Morgan fingerprint density at radius 2 is 0.870 bits per heavy atom. The van der Waals surface area contributed by atoms with E-state index in [9.17, 15) is 9.59 Å². The van der Waals surface area contributed by atoms with Gasteiger partial charge in [-0.1, -0.05) is 103 Å². The van der Waals surface area contributed by atoms with Crippen molar-refractivity contribution in [1.82, 2.24) is 0 Å². The maximum Gasteiger partial charge on any atom is 0.288 e. The molecule has 0 unspecified atom stereocenters. The molecule has 0 heterocycles. The second kappa shape index (κ2) is 18.0. The van der Waals surface area contributed by atoms with Crippen molar-refractivity contribution in [2.24, 2.45) is 0 Å². The van der Waals surface area contributed by atoms with Gasteiger partial charge in [0.05, 0.1) is 0 Å². The topological polar surface area (TPSA) is 34.1 Å². The highest BCUT2D eigenvalue weighted by molar-refractivity contribution is 6.81. The fourth-order valence-electron chi connectivity index (χ4n) is 2.93. The van der Waals surface area contributed by atoms with Gasteiger partial charge in [-0.3, -0.25) is 9.59 Å². The van der Waals surface area contributed by atoms with Gasteiger partial charge in [0.1, 0.15) is 0 Å². The number of hydrogen-bond acceptors (Lipinski definition) is 2. The Hall–Kier alpha value is -0.370. The van der Waals surface area contributed by atoms with Crippen LogP contribution in [0.5, 0.6) is 0 Å². The second-order valence-corrected chi connectivity index (χ2v) is 7.09. The zero-order valence-corrected chi connectivity index (χ0v) is 16.0. The average molecular weight is 345 g/mol. The van der Waals surface area contributed by atoms with Gasteiger partial charge in [0.25, 0.3) is 5.24 Å². The maximum atomic E-state index is 11.0. The van der Waals surface area contributed by atoms with Gasteiger partial charge in [-0.25, -0.2) is 0 Å². The van der Waals surface area contributed by atoms with E-state index >= 15 is 0 Å². The van der Waals surface area contributed by atoms with Gasteiger partial charge < -0.3 is 0 Å². The van der Waals surface area contributed by atoms with Crippen LogP contribution in [-0.2, 0) is 9.59 Å². The first-order chi connectivity index (χ1) is 11.2. The van der Waals surface area contributed by atoms with Crippen LogP contribution in [-0.4, -0.2) is 11.0 Å². The van der Waals surface area contributed by atoms with Crippen molar-refractivity contribution < 1.29 is 9.59 Å². The summed E-state index contributed by atoms with van der Waals surface area (Å²) >= 11 is 5.11. The Bertz CT molecular complexity index is 289. The molecular weight excluding hydrogens is 308 g/mol. The second-order valence-electron chi connectivity index (χ2n) is 6.75. The fourth-order valence-corrected chi connectivity index (χ4v) is 3.03. The highest BCUT2D eigenvalue weighted by Crippen LogP contribution is 2.14. The molecule has 136 valence electrons. The fraction of sp³-hybridized carbons (Fsp3) is 0.900. The van der Waals surface area contributed by atoms with Crippen LogP contribution in [0.25, 0.3) is 0 Å². The third-order valence-electron chi connectivity index (χ3n) is 4.48. The number of Topliss-reactive ketones (excluding diaryl/α,β-unsaturated/α-hetero) is 1. The Kier molecular flexibility index (Phi) is 17.7. The van der Waals surface area contributed by atoms with E-state index in [2.05, 4.69) is 6.92 Å². The minimum absolute atomic E-state index is 0.320. The molecule has 0 rings (SSSR count). The minimum Gasteiger partial charge on any atom is -0.289 e. The van der Waals surface area contributed by atoms with Crippen molar-refractivity contribution in [1.29, 1.82) is 0 Å². The molecule has 0 saturated carbocycles. The van der Waals surface area contributed by atoms with Gasteiger partial charge in [-0.05, 0) is 18.0 Å². The van der Waals surface area contributed by atoms with Crippen LogP contribution in [0.1, 0.15) is 116 Å². The number of hydrogen-bond donors (Lipinski definition) is 0. The Balaban J connectivity index is 3.05. The molecule has 2 nitrogen and oxygen atoms in total. The summed E-state index contributed by atoms with van der Waals surface area (Å²) in [6.07, 6.45) is 21.3. The lowest BCUT2D eigenvalue weighted by Gasteiger charge is -2.03. The molecule has 0 aliphatic heterocycles. The Morgan fingerprint density at radius 1 is 0.565 bits per heavy atom. The maximum absolute atomic E-state index is 11.0. The van der Waals surface area contributed by atoms with E-state index in [0.717, 1.165) is 12.8 Å². The highest BCUT2D eigenvalue weighted by Gasteiger charge is 2.08. The molecule has 0 saturated heterocycles. The van der Waals surface area contributed by atoms with E-state index in [4.69, 9.17) is 11.6 Å². The summed E-state index contributed by atoms with van der Waals surface area (Å²) in [4.78, 5) is 21.6. The SMILES string of the molecule is CCCCCCCCCCCCCCCCCCC(=O)C(=O)Cl. The first-order valence-corrected chi connectivity index (χ1v) is 10.3. The summed E-state index contributed by atoms with van der Waals surface area (Å²) in [5, 5.41) is -0.814. The molecule has 0 aliphatic carbocycles.